The summed E-state index contributed by atoms with van der Waals surface area (Å²) in [6.07, 6.45) is 2.39. The molecule has 0 bridgehead atoms. The third-order valence-corrected chi connectivity index (χ3v) is 4.54. The Kier molecular flexibility index (Phi) is 11.3. The summed E-state index contributed by atoms with van der Waals surface area (Å²) >= 11 is 4.90. The van der Waals surface area contributed by atoms with Crippen molar-refractivity contribution in [2.75, 3.05) is 13.7 Å². The molecule has 0 radical (unpaired) electrons. The van der Waals surface area contributed by atoms with Gasteiger partial charge in [-0.05, 0) is 39.0 Å². The second-order valence-electron chi connectivity index (χ2n) is 5.17. The Labute approximate surface area is 148 Å². The van der Waals surface area contributed by atoms with Gasteiger partial charge in [0.2, 0.25) is 12.3 Å². The Morgan fingerprint density at radius 3 is 2.50 bits per heavy atom. The highest BCUT2D eigenvalue weighted by Gasteiger charge is 2.22. The zero-order chi connectivity index (χ0) is 18.8. The van der Waals surface area contributed by atoms with Gasteiger partial charge in [-0.25, -0.2) is 0 Å². The van der Waals surface area contributed by atoms with Crippen LogP contribution in [0.4, 0.5) is 0 Å². The molecule has 24 heavy (non-hydrogen) atoms. The van der Waals surface area contributed by atoms with Gasteiger partial charge in [0.05, 0.1) is 18.8 Å². The van der Waals surface area contributed by atoms with Crippen molar-refractivity contribution >= 4 is 30.8 Å². The lowest BCUT2D eigenvalue weighted by molar-refractivity contribution is -0.133. The van der Waals surface area contributed by atoms with Crippen LogP contribution in [0.5, 0.6) is 0 Å². The molecule has 2 amide bonds. The fraction of sp³-hybridized carbons (Fsp3) is 0.714. The van der Waals surface area contributed by atoms with E-state index in [0.29, 0.717) is 12.8 Å². The van der Waals surface area contributed by atoms with Crippen LogP contribution in [-0.2, 0) is 35.2 Å². The minimum atomic E-state index is -3.32. The Hall–Kier alpha value is -0.830. The summed E-state index contributed by atoms with van der Waals surface area (Å²) in [5, 5.41) is 2.41. The minimum Gasteiger partial charge on any atom is -0.356 e. The topological polar surface area (TPSA) is 97.3 Å². The molecule has 3 atom stereocenters. The third-order valence-electron chi connectivity index (χ3n) is 2.80. The number of hydrogen-bond acceptors (Lipinski definition) is 6. The van der Waals surface area contributed by atoms with Gasteiger partial charge in [0.15, 0.2) is 0 Å². The van der Waals surface area contributed by atoms with Gasteiger partial charge in [-0.15, -0.1) is 0 Å². The SMILES string of the molecule is CC[C@@H](COP(O)(=S)OC(C)C)OC(C)N(C=O)/C=C\C(=O)NC. The first-order chi connectivity index (χ1) is 11.1. The molecule has 8 nitrogen and oxygen atoms in total. The molecule has 0 fully saturated rings. The molecular weight excluding hydrogens is 355 g/mol. The second kappa shape index (κ2) is 11.7. The van der Waals surface area contributed by atoms with Crippen molar-refractivity contribution in [1.29, 1.82) is 0 Å². The van der Waals surface area contributed by atoms with Gasteiger partial charge in [0, 0.05) is 19.3 Å². The van der Waals surface area contributed by atoms with Crippen LogP contribution < -0.4 is 5.32 Å². The van der Waals surface area contributed by atoms with Crippen molar-refractivity contribution in [3.05, 3.63) is 12.3 Å². The smallest absolute Gasteiger partial charge is 0.324 e. The summed E-state index contributed by atoms with van der Waals surface area (Å²) < 4.78 is 16.1. The molecule has 0 aliphatic carbocycles. The van der Waals surface area contributed by atoms with Gasteiger partial charge in [-0.1, -0.05) is 6.92 Å². The Balaban J connectivity index is 4.63. The molecule has 0 saturated heterocycles. The van der Waals surface area contributed by atoms with E-state index in [1.54, 1.807) is 20.8 Å². The fourth-order valence-corrected chi connectivity index (χ4v) is 3.20. The van der Waals surface area contributed by atoms with Gasteiger partial charge in [0.25, 0.3) is 0 Å². The van der Waals surface area contributed by atoms with E-state index in [4.69, 9.17) is 25.6 Å². The van der Waals surface area contributed by atoms with E-state index in [1.807, 2.05) is 6.92 Å². The van der Waals surface area contributed by atoms with Crippen molar-refractivity contribution in [2.45, 2.75) is 52.6 Å². The number of nitrogens with one attached hydrogen (secondary N) is 1. The molecular formula is C14H27N2O6PS. The largest absolute Gasteiger partial charge is 0.356 e. The van der Waals surface area contributed by atoms with E-state index in [2.05, 4.69) is 5.32 Å². The fourth-order valence-electron chi connectivity index (χ4n) is 1.56. The average Bonchev–Trinajstić information content (AvgIpc) is 2.50. The second-order valence-corrected chi connectivity index (χ2v) is 7.96. The molecule has 2 N–H and O–H groups in total. The van der Waals surface area contributed by atoms with Crippen molar-refractivity contribution in [2.24, 2.45) is 0 Å². The molecule has 0 aliphatic heterocycles. The van der Waals surface area contributed by atoms with E-state index in [0.717, 1.165) is 0 Å². The van der Waals surface area contributed by atoms with Crippen molar-refractivity contribution in [3.63, 3.8) is 0 Å². The first kappa shape index (κ1) is 23.2. The van der Waals surface area contributed by atoms with Gasteiger partial charge >= 0.3 is 6.72 Å². The molecule has 0 spiro atoms. The number of ether oxygens (including phenoxy) is 1. The third kappa shape index (κ3) is 10.1. The number of carbonyl (C=O) groups is 2. The maximum Gasteiger partial charge on any atom is 0.324 e. The van der Waals surface area contributed by atoms with Crippen LogP contribution in [0.2, 0.25) is 0 Å². The predicted octanol–water partition coefficient (Wildman–Crippen LogP) is 1.50. The van der Waals surface area contributed by atoms with Crippen LogP contribution in [0, 0.1) is 0 Å². The number of carbonyl (C=O) groups excluding carboxylic acids is 2. The van der Waals surface area contributed by atoms with E-state index in [1.165, 1.54) is 24.2 Å². The number of rotatable bonds is 12. The van der Waals surface area contributed by atoms with E-state index in [-0.39, 0.29) is 18.6 Å². The van der Waals surface area contributed by atoms with E-state index < -0.39 is 19.1 Å². The van der Waals surface area contributed by atoms with Crippen molar-refractivity contribution < 1.29 is 28.3 Å². The standard InChI is InChI=1S/C14H27N2O6PS/c1-6-13(9-20-23(19,24)22-11(2)3)21-12(4)16(10-17)8-7-14(18)15-5/h7-8,10-13H,6,9H2,1-5H3,(H,15,18)(H,19,24)/b8-7-/t12?,13-,23?/m0/s1. The Morgan fingerprint density at radius 1 is 1.42 bits per heavy atom. The molecule has 0 aromatic heterocycles. The highest BCUT2D eigenvalue weighted by molar-refractivity contribution is 8.07. The number of amides is 2. The molecule has 0 aliphatic rings. The van der Waals surface area contributed by atoms with Crippen LogP contribution in [0.3, 0.4) is 0 Å². The number of hydrogen-bond donors (Lipinski definition) is 2. The van der Waals surface area contributed by atoms with E-state index in [9.17, 15) is 14.5 Å². The lowest BCUT2D eigenvalue weighted by Gasteiger charge is -2.27. The predicted molar refractivity (Wildman–Crippen MR) is 94.4 cm³/mol. The highest BCUT2D eigenvalue weighted by atomic mass is 32.5. The number of nitrogens with zero attached hydrogens (tertiary/aromatic N) is 1. The summed E-state index contributed by atoms with van der Waals surface area (Å²) in [7, 11) is 1.49. The summed E-state index contributed by atoms with van der Waals surface area (Å²) in [5.41, 5.74) is 0. The highest BCUT2D eigenvalue weighted by Crippen LogP contribution is 2.45. The zero-order valence-corrected chi connectivity index (χ0v) is 16.4. The summed E-state index contributed by atoms with van der Waals surface area (Å²) in [6.45, 7) is 3.74. The normalized spacial score (nSPS) is 16.6. The van der Waals surface area contributed by atoms with E-state index >= 15 is 0 Å². The summed E-state index contributed by atoms with van der Waals surface area (Å²) in [6, 6.07) is 0. The molecule has 140 valence electrons. The lowest BCUT2D eigenvalue weighted by Crippen LogP contribution is -2.35. The van der Waals surface area contributed by atoms with Gasteiger partial charge < -0.3 is 24.0 Å². The molecule has 0 aromatic carbocycles. The first-order valence-electron chi connectivity index (χ1n) is 7.59. The van der Waals surface area contributed by atoms with Crippen molar-refractivity contribution in [3.8, 4) is 0 Å². The Morgan fingerprint density at radius 2 is 2.04 bits per heavy atom. The Bertz CT molecular complexity index is 474. The van der Waals surface area contributed by atoms with Crippen molar-refractivity contribution in [1.82, 2.24) is 10.2 Å². The molecule has 0 saturated carbocycles. The van der Waals surface area contributed by atoms with Crippen LogP contribution in [0.1, 0.15) is 34.1 Å². The number of likely N-dealkylation sites (N-methyl/N-ethyl adjacent to an activating group) is 1. The molecule has 0 rings (SSSR count). The van der Waals surface area contributed by atoms with Crippen LogP contribution in [0.15, 0.2) is 12.3 Å². The minimum absolute atomic E-state index is 0.0349. The van der Waals surface area contributed by atoms with Crippen LogP contribution in [0.25, 0.3) is 0 Å². The maximum atomic E-state index is 11.2. The van der Waals surface area contributed by atoms with Gasteiger partial charge in [0.1, 0.15) is 6.23 Å². The maximum absolute atomic E-state index is 11.2. The summed E-state index contributed by atoms with van der Waals surface area (Å²) in [5.74, 6) is -0.337. The molecule has 0 heterocycles. The zero-order valence-electron chi connectivity index (χ0n) is 14.7. The summed E-state index contributed by atoms with van der Waals surface area (Å²) in [4.78, 5) is 33.4. The van der Waals surface area contributed by atoms with Crippen LogP contribution >= 0.6 is 6.72 Å². The molecule has 2 unspecified atom stereocenters. The molecule has 0 aromatic rings. The first-order valence-corrected chi connectivity index (χ1v) is 10.2. The quantitative estimate of drug-likeness (QED) is 0.228. The van der Waals surface area contributed by atoms with Gasteiger partial charge in [-0.2, -0.15) is 0 Å². The van der Waals surface area contributed by atoms with Crippen LogP contribution in [-0.4, -0.2) is 54.2 Å². The average molecular weight is 382 g/mol. The van der Waals surface area contributed by atoms with Gasteiger partial charge in [-0.3, -0.25) is 14.5 Å². The lowest BCUT2D eigenvalue weighted by atomic mass is 10.3. The monoisotopic (exact) mass is 382 g/mol. The molecule has 10 heteroatoms.